The molecule has 0 N–H and O–H groups in total. The number of hydrogen-bond acceptors (Lipinski definition) is 4. The van der Waals surface area contributed by atoms with Gasteiger partial charge in [-0.05, 0) is 118 Å². The van der Waals surface area contributed by atoms with Crippen LogP contribution in [0.5, 0.6) is 0 Å². The van der Waals surface area contributed by atoms with E-state index in [0.717, 1.165) is 68.0 Å². The zero-order valence-electron chi connectivity index (χ0n) is 47.8. The molecular formula is C76H68O4P2Si2. The van der Waals surface area contributed by atoms with E-state index in [2.05, 4.69) is 123 Å². The van der Waals surface area contributed by atoms with Gasteiger partial charge in [0.15, 0.2) is 14.3 Å². The van der Waals surface area contributed by atoms with Gasteiger partial charge < -0.3 is 18.0 Å². The molecule has 0 saturated carbocycles. The first-order valence-electron chi connectivity index (χ1n) is 28.6. The molecule has 10 aromatic rings. The number of hydrogen-bond donors (Lipinski definition) is 0. The summed E-state index contributed by atoms with van der Waals surface area (Å²) in [6.07, 6.45) is 7.83. The Bertz CT molecular complexity index is 3870. The Labute approximate surface area is 499 Å². The van der Waals surface area contributed by atoms with Crippen molar-refractivity contribution in [1.82, 2.24) is 0 Å². The lowest BCUT2D eigenvalue weighted by atomic mass is 9.91. The lowest BCUT2D eigenvalue weighted by Crippen LogP contribution is -2.50. The van der Waals surface area contributed by atoms with Gasteiger partial charge in [-0.2, -0.15) is 0 Å². The number of benzene rings is 10. The summed E-state index contributed by atoms with van der Waals surface area (Å²) in [5.41, 5.74) is 4.73. The fourth-order valence-corrected chi connectivity index (χ4v) is 24.2. The molecule has 8 heteroatoms. The monoisotopic (exact) mass is 1160 g/mol. The van der Waals surface area contributed by atoms with E-state index in [1.807, 2.05) is 196 Å². The smallest absolute Gasteiger partial charge is 0.231 e. The first-order valence-corrected chi connectivity index (χ1v) is 36.7. The van der Waals surface area contributed by atoms with E-state index < -0.39 is 30.9 Å². The van der Waals surface area contributed by atoms with Crippen molar-refractivity contribution in [3.05, 3.63) is 303 Å². The summed E-state index contributed by atoms with van der Waals surface area (Å²) in [7, 11) is -12.3. The van der Waals surface area contributed by atoms with Gasteiger partial charge in [0.05, 0.1) is 0 Å². The van der Waals surface area contributed by atoms with Gasteiger partial charge in [0.1, 0.15) is 0 Å². The summed E-state index contributed by atoms with van der Waals surface area (Å²) < 4.78 is 47.6. The number of allylic oxidation sites excluding steroid dienone is 4. The van der Waals surface area contributed by atoms with Crippen molar-refractivity contribution >= 4 is 94.7 Å². The Morgan fingerprint density at radius 2 is 0.667 bits per heavy atom. The van der Waals surface area contributed by atoms with E-state index in [9.17, 15) is 0 Å². The van der Waals surface area contributed by atoms with Gasteiger partial charge in [-0.1, -0.05) is 230 Å². The molecule has 0 radical (unpaired) electrons. The molecule has 0 aromatic heterocycles. The van der Waals surface area contributed by atoms with Crippen LogP contribution in [0.2, 0.25) is 24.2 Å². The second-order valence-electron chi connectivity index (χ2n) is 20.8. The lowest BCUT2D eigenvalue weighted by Gasteiger charge is -2.29. The quantitative estimate of drug-likeness (QED) is 0.0311. The molecule has 414 valence electrons. The zero-order valence-corrected chi connectivity index (χ0v) is 51.6. The molecule has 0 aliphatic rings. The van der Waals surface area contributed by atoms with Crippen molar-refractivity contribution in [1.29, 1.82) is 0 Å². The van der Waals surface area contributed by atoms with Crippen LogP contribution in [-0.4, -0.2) is 29.8 Å². The molecule has 0 unspecified atom stereocenters. The van der Waals surface area contributed by atoms with E-state index in [4.69, 9.17) is 8.85 Å². The molecule has 0 spiro atoms. The van der Waals surface area contributed by atoms with Crippen LogP contribution in [0, 0.1) is 23.7 Å². The van der Waals surface area contributed by atoms with E-state index in [1.54, 1.807) is 0 Å². The fourth-order valence-electron chi connectivity index (χ4n) is 11.9. The second kappa shape index (κ2) is 26.5. The Balaban J connectivity index is 1.28. The van der Waals surface area contributed by atoms with Gasteiger partial charge in [-0.15, -0.1) is 26.3 Å². The number of rotatable bonds is 21. The Kier molecular flexibility index (Phi) is 18.5. The predicted octanol–water partition coefficient (Wildman–Crippen LogP) is 14.9. The molecule has 10 rings (SSSR count). The predicted molar refractivity (Wildman–Crippen MR) is 365 cm³/mol. The average Bonchev–Trinajstić information content (AvgIpc) is 1.16. The highest BCUT2D eigenvalue weighted by Gasteiger charge is 2.39. The maximum absolute atomic E-state index is 17.3. The molecule has 0 saturated heterocycles. The molecule has 0 atom stereocenters. The van der Waals surface area contributed by atoms with E-state index in [-0.39, 0.29) is 0 Å². The minimum absolute atomic E-state index is 0.610. The average molecular weight is 1160 g/mol. The molecule has 4 nitrogen and oxygen atoms in total. The van der Waals surface area contributed by atoms with Crippen LogP contribution in [0.15, 0.2) is 281 Å². The van der Waals surface area contributed by atoms with Crippen LogP contribution >= 0.6 is 14.3 Å². The van der Waals surface area contributed by atoms with E-state index >= 15 is 9.13 Å². The molecule has 0 aliphatic carbocycles. The van der Waals surface area contributed by atoms with E-state index in [1.165, 1.54) is 10.4 Å². The largest absolute Gasteiger partial charge is 0.412 e. The molecular weight excluding hydrogens is 1090 g/mol. The van der Waals surface area contributed by atoms with Crippen LogP contribution in [0.1, 0.15) is 36.1 Å². The Hall–Kier alpha value is -8.39. The molecule has 84 heavy (non-hydrogen) atoms. The van der Waals surface area contributed by atoms with Crippen molar-refractivity contribution in [3.8, 4) is 34.8 Å². The van der Waals surface area contributed by atoms with Crippen LogP contribution in [0.4, 0.5) is 0 Å². The van der Waals surface area contributed by atoms with Crippen LogP contribution in [0.3, 0.4) is 0 Å². The summed E-state index contributed by atoms with van der Waals surface area (Å²) >= 11 is 0. The lowest BCUT2D eigenvalue weighted by molar-refractivity contribution is 0.333. The summed E-state index contributed by atoms with van der Waals surface area (Å²) in [5.74, 6) is 14.2. The third-order valence-corrected chi connectivity index (χ3v) is 30.2. The fraction of sp³-hybridized carbons (Fsp3) is 0.105. The molecule has 0 aliphatic heterocycles. The van der Waals surface area contributed by atoms with E-state index in [0.29, 0.717) is 56.2 Å². The van der Waals surface area contributed by atoms with Crippen LogP contribution in [0.25, 0.3) is 32.7 Å². The standard InChI is InChI=1S/C76H68O4P2Si2/c1-7-55-83(56-8-2,79-11-5)67-47-41-59(42-48-67)39-45-61-27-25-37-71-69(61)51-53-73(81(77,63-29-17-13-18-30-63)64-31-19-14-20-32-64)75(71)76-72-38-26-28-62(46-40-60-43-49-68(50-44-60)84(57-9-3,58-10-4)80-12-6)70(72)52-54-74(76)82(78,65-33-21-15-22-34-65)66-35-23-16-24-36-66/h7-10,13-38,41-44,47-54H,1-4,11-12,55-58H2,5-6H3. The molecule has 0 fully saturated rings. The highest BCUT2D eigenvalue weighted by molar-refractivity contribution is 7.86. The van der Waals surface area contributed by atoms with Crippen molar-refractivity contribution in [2.24, 2.45) is 0 Å². The first-order chi connectivity index (χ1) is 41.1. The first kappa shape index (κ1) is 58.8. The highest BCUT2D eigenvalue weighted by atomic mass is 31.2. The molecule has 0 amide bonds. The SMILES string of the molecule is C=CC[Si](CC=C)(OCC)c1ccc(C#Cc2cccc3c(-c4c(P(=O)(c5ccccc5)c5ccccc5)ccc5c(C#Cc6ccc([Si](CC=C)(CC=C)OCC)cc6)cccc45)c(P(=O)(c4ccccc4)c4ccccc4)ccc23)cc1. The van der Waals surface area contributed by atoms with Crippen molar-refractivity contribution in [3.63, 3.8) is 0 Å². The second-order valence-corrected chi connectivity index (χ2v) is 33.6. The maximum atomic E-state index is 17.3. The van der Waals surface area contributed by atoms with Crippen molar-refractivity contribution in [2.45, 2.75) is 38.0 Å². The highest BCUT2D eigenvalue weighted by Crippen LogP contribution is 2.52. The van der Waals surface area contributed by atoms with Crippen LogP contribution < -0.4 is 42.2 Å². The van der Waals surface area contributed by atoms with Crippen LogP contribution in [-0.2, 0) is 18.0 Å². The topological polar surface area (TPSA) is 52.6 Å². The van der Waals surface area contributed by atoms with Gasteiger partial charge in [0.25, 0.3) is 0 Å². The molecule has 0 bridgehead atoms. The molecule has 10 aromatic carbocycles. The zero-order chi connectivity index (χ0) is 58.6. The van der Waals surface area contributed by atoms with Gasteiger partial charge in [0.2, 0.25) is 16.6 Å². The normalized spacial score (nSPS) is 11.7. The third-order valence-electron chi connectivity index (χ3n) is 15.7. The minimum atomic E-state index is -3.77. The Morgan fingerprint density at radius 1 is 0.357 bits per heavy atom. The van der Waals surface area contributed by atoms with Gasteiger partial charge >= 0.3 is 0 Å². The number of fused-ring (bicyclic) bond motifs is 2. The Morgan fingerprint density at radius 3 is 0.952 bits per heavy atom. The summed E-state index contributed by atoms with van der Waals surface area (Å²) in [5, 5.41) is 9.66. The maximum Gasteiger partial charge on any atom is 0.231 e. The minimum Gasteiger partial charge on any atom is -0.412 e. The summed E-state index contributed by atoms with van der Waals surface area (Å²) in [4.78, 5) is 0. The summed E-state index contributed by atoms with van der Waals surface area (Å²) in [6, 6.07) is 79.7. The molecule has 0 heterocycles. The third kappa shape index (κ3) is 11.5. The van der Waals surface area contributed by atoms with Gasteiger partial charge in [-0.3, -0.25) is 0 Å². The van der Waals surface area contributed by atoms with Crippen molar-refractivity contribution in [2.75, 3.05) is 13.2 Å². The van der Waals surface area contributed by atoms with Gasteiger partial charge in [-0.25, -0.2) is 0 Å². The van der Waals surface area contributed by atoms with Crippen molar-refractivity contribution < 1.29 is 18.0 Å². The van der Waals surface area contributed by atoms with Gasteiger partial charge in [0, 0.05) is 78.4 Å². The summed E-state index contributed by atoms with van der Waals surface area (Å²) in [6.45, 7) is 21.6.